The molecule has 0 radical (unpaired) electrons. The highest BCUT2D eigenvalue weighted by Gasteiger charge is 2.50. The Labute approximate surface area is 269 Å². The van der Waals surface area contributed by atoms with E-state index in [1.54, 1.807) is 25.1 Å². The predicted octanol–water partition coefficient (Wildman–Crippen LogP) is 3.72. The summed E-state index contributed by atoms with van der Waals surface area (Å²) < 4.78 is 22.8. The maximum atomic E-state index is 13.0. The quantitative estimate of drug-likeness (QED) is 0.172. The van der Waals surface area contributed by atoms with Crippen LogP contribution in [0.5, 0.6) is 0 Å². The van der Waals surface area contributed by atoms with Gasteiger partial charge in [0.1, 0.15) is 12.2 Å². The number of benzene rings is 1. The van der Waals surface area contributed by atoms with Gasteiger partial charge in [0.25, 0.3) is 0 Å². The number of esters is 4. The second kappa shape index (κ2) is 15.5. The van der Waals surface area contributed by atoms with Gasteiger partial charge in [-0.1, -0.05) is 50.3 Å². The number of aliphatic hydroxyl groups is 3. The van der Waals surface area contributed by atoms with E-state index in [9.17, 15) is 34.5 Å². The smallest absolute Gasteiger partial charge is 0.331 e. The molecule has 0 saturated carbocycles. The molecule has 0 saturated heterocycles. The van der Waals surface area contributed by atoms with Crippen molar-refractivity contribution in [2.24, 2.45) is 11.3 Å². The highest BCUT2D eigenvalue weighted by atomic mass is 16.6. The lowest BCUT2D eigenvalue weighted by atomic mass is 9.60. The SMILES string of the molecule is CC(=O)OC1=C(C)C(O)CC(OC(=O)C=Cc2ccccc2)C(CO)=CC(O)C2CC(OC(C)=O)C(C)=C(C1OC(C)=O)C2(C)C. The molecule has 2 aliphatic carbocycles. The molecule has 3 N–H and O–H groups in total. The first-order chi connectivity index (χ1) is 21.6. The maximum Gasteiger partial charge on any atom is 0.331 e. The van der Waals surface area contributed by atoms with Crippen molar-refractivity contribution in [3.63, 3.8) is 0 Å². The van der Waals surface area contributed by atoms with Crippen LogP contribution in [0.4, 0.5) is 0 Å². The molecule has 6 unspecified atom stereocenters. The van der Waals surface area contributed by atoms with E-state index in [1.165, 1.54) is 32.9 Å². The minimum absolute atomic E-state index is 0.1000. The summed E-state index contributed by atoms with van der Waals surface area (Å²) in [5.74, 6) is -3.69. The molecule has 2 bridgehead atoms. The molecular weight excluding hydrogens is 596 g/mol. The van der Waals surface area contributed by atoms with Crippen LogP contribution in [0.25, 0.3) is 6.08 Å². The Bertz CT molecular complexity index is 1430. The molecule has 0 fully saturated rings. The summed E-state index contributed by atoms with van der Waals surface area (Å²) in [6.45, 7) is 9.78. The molecule has 0 amide bonds. The van der Waals surface area contributed by atoms with Crippen LogP contribution in [0.2, 0.25) is 0 Å². The second-order valence-corrected chi connectivity index (χ2v) is 12.2. The molecule has 11 nitrogen and oxygen atoms in total. The Morgan fingerprint density at radius 2 is 1.50 bits per heavy atom. The molecule has 1 aromatic carbocycles. The van der Waals surface area contributed by atoms with Crippen LogP contribution in [-0.2, 0) is 38.1 Å². The summed E-state index contributed by atoms with van der Waals surface area (Å²) >= 11 is 0. The standard InChI is InChI=1S/C35H44O11/c1-19-27(40)17-30(46-31(42)14-13-24-11-9-8-10-12-24)25(18-36)15-28(41)26-16-29(43-21(3)37)20(2)32(35(26,6)7)34(45-23(5)39)33(19)44-22(4)38/h8-15,26-30,34,36,40-41H,16-18H2,1-7H3. The van der Waals surface area contributed by atoms with Gasteiger partial charge in [0, 0.05) is 39.2 Å². The van der Waals surface area contributed by atoms with Crippen LogP contribution >= 0.6 is 0 Å². The maximum absolute atomic E-state index is 13.0. The van der Waals surface area contributed by atoms with Crippen molar-refractivity contribution in [2.45, 2.75) is 91.8 Å². The normalized spacial score (nSPS) is 26.8. The molecule has 11 heteroatoms. The minimum Gasteiger partial charge on any atom is -0.458 e. The van der Waals surface area contributed by atoms with Gasteiger partial charge in [0.2, 0.25) is 0 Å². The Kier molecular flexibility index (Phi) is 12.3. The Morgan fingerprint density at radius 3 is 2.07 bits per heavy atom. The van der Waals surface area contributed by atoms with Gasteiger partial charge in [-0.2, -0.15) is 0 Å². The van der Waals surface area contributed by atoms with Gasteiger partial charge < -0.3 is 34.3 Å². The molecule has 6 atom stereocenters. The van der Waals surface area contributed by atoms with Crippen molar-refractivity contribution >= 4 is 30.0 Å². The largest absolute Gasteiger partial charge is 0.458 e. The molecule has 46 heavy (non-hydrogen) atoms. The first-order valence-electron chi connectivity index (χ1n) is 15.1. The summed E-state index contributed by atoms with van der Waals surface area (Å²) in [5, 5.41) is 33.7. The van der Waals surface area contributed by atoms with E-state index in [-0.39, 0.29) is 29.7 Å². The fourth-order valence-corrected chi connectivity index (χ4v) is 6.26. The van der Waals surface area contributed by atoms with Gasteiger partial charge in [-0.15, -0.1) is 0 Å². The number of fused-ring (bicyclic) bond motifs is 2. The summed E-state index contributed by atoms with van der Waals surface area (Å²) in [6, 6.07) is 9.04. The zero-order chi connectivity index (χ0) is 34.3. The van der Waals surface area contributed by atoms with Gasteiger partial charge >= 0.3 is 23.9 Å². The predicted molar refractivity (Wildman–Crippen MR) is 167 cm³/mol. The molecule has 250 valence electrons. The van der Waals surface area contributed by atoms with Crippen LogP contribution in [0.15, 0.2) is 70.5 Å². The number of aliphatic hydroxyl groups excluding tert-OH is 3. The van der Waals surface area contributed by atoms with Crippen LogP contribution in [0.1, 0.15) is 66.9 Å². The van der Waals surface area contributed by atoms with Gasteiger partial charge in [0.15, 0.2) is 11.9 Å². The van der Waals surface area contributed by atoms with E-state index in [2.05, 4.69) is 0 Å². The molecular formula is C35H44O11. The first-order valence-corrected chi connectivity index (χ1v) is 15.1. The second-order valence-electron chi connectivity index (χ2n) is 12.2. The molecule has 0 aromatic heterocycles. The van der Waals surface area contributed by atoms with Crippen LogP contribution in [0.3, 0.4) is 0 Å². The Morgan fingerprint density at radius 1 is 0.870 bits per heavy atom. The molecule has 3 rings (SSSR count). The monoisotopic (exact) mass is 640 g/mol. The van der Waals surface area contributed by atoms with Crippen LogP contribution in [-0.4, -0.2) is 76.3 Å². The topological polar surface area (TPSA) is 166 Å². The fraction of sp³-hybridized carbons (Fsp3) is 0.486. The van der Waals surface area contributed by atoms with Crippen molar-refractivity contribution in [3.05, 3.63) is 76.1 Å². The van der Waals surface area contributed by atoms with Crippen molar-refractivity contribution < 1.29 is 53.4 Å². The van der Waals surface area contributed by atoms with Crippen LogP contribution in [0, 0.1) is 11.3 Å². The lowest BCUT2D eigenvalue weighted by Crippen LogP contribution is -2.48. The Hall–Kier alpha value is -4.06. The van der Waals surface area contributed by atoms with Crippen molar-refractivity contribution in [2.75, 3.05) is 6.61 Å². The molecule has 0 heterocycles. The number of ether oxygens (including phenoxy) is 4. The third kappa shape index (κ3) is 8.80. The first kappa shape index (κ1) is 36.4. The zero-order valence-corrected chi connectivity index (χ0v) is 27.3. The number of carbonyl (C=O) groups excluding carboxylic acids is 4. The van der Waals surface area contributed by atoms with Gasteiger partial charge in [0.05, 0.1) is 18.8 Å². The molecule has 1 aromatic rings. The summed E-state index contributed by atoms with van der Waals surface area (Å²) in [7, 11) is 0. The van der Waals surface area contributed by atoms with E-state index >= 15 is 0 Å². The molecule has 0 aliphatic heterocycles. The van der Waals surface area contributed by atoms with Gasteiger partial charge in [-0.05, 0) is 59.6 Å². The average molecular weight is 641 g/mol. The van der Waals surface area contributed by atoms with E-state index in [0.29, 0.717) is 11.1 Å². The number of rotatable bonds is 7. The van der Waals surface area contributed by atoms with E-state index < -0.39 is 72.3 Å². The third-order valence-electron chi connectivity index (χ3n) is 8.53. The zero-order valence-electron chi connectivity index (χ0n) is 27.3. The van der Waals surface area contributed by atoms with Gasteiger partial charge in [-0.25, -0.2) is 4.79 Å². The summed E-state index contributed by atoms with van der Waals surface area (Å²) in [5.41, 5.74) is 0.914. The summed E-state index contributed by atoms with van der Waals surface area (Å²) in [6.07, 6.45) is -2.17. The van der Waals surface area contributed by atoms with E-state index in [0.717, 1.165) is 12.5 Å². The molecule has 0 spiro atoms. The number of hydrogen-bond acceptors (Lipinski definition) is 11. The highest BCUT2D eigenvalue weighted by molar-refractivity contribution is 5.87. The average Bonchev–Trinajstić information content (AvgIpc) is 2.97. The van der Waals surface area contributed by atoms with Crippen LogP contribution < -0.4 is 0 Å². The van der Waals surface area contributed by atoms with E-state index in [4.69, 9.17) is 18.9 Å². The minimum atomic E-state index is -1.44. The lowest BCUT2D eigenvalue weighted by molar-refractivity contribution is -0.152. The third-order valence-corrected chi connectivity index (χ3v) is 8.53. The number of carbonyl (C=O) groups is 4. The van der Waals surface area contributed by atoms with Crippen molar-refractivity contribution in [1.82, 2.24) is 0 Å². The number of hydrogen-bond donors (Lipinski definition) is 3. The van der Waals surface area contributed by atoms with E-state index in [1.807, 2.05) is 32.0 Å². The van der Waals surface area contributed by atoms with Gasteiger partial charge in [-0.3, -0.25) is 14.4 Å². The fourth-order valence-electron chi connectivity index (χ4n) is 6.26. The lowest BCUT2D eigenvalue weighted by Gasteiger charge is -2.48. The molecule has 2 aliphatic rings. The van der Waals surface area contributed by atoms with Crippen molar-refractivity contribution in [3.8, 4) is 0 Å². The van der Waals surface area contributed by atoms with Crippen molar-refractivity contribution in [1.29, 1.82) is 0 Å². The summed E-state index contributed by atoms with van der Waals surface area (Å²) in [4.78, 5) is 50.1. The highest BCUT2D eigenvalue weighted by Crippen LogP contribution is 2.51. The Balaban J connectivity index is 2.27.